The van der Waals surface area contributed by atoms with E-state index >= 15 is 0 Å². The Kier molecular flexibility index (Phi) is 7.96. The summed E-state index contributed by atoms with van der Waals surface area (Å²) in [6.07, 6.45) is 2.84. The Bertz CT molecular complexity index is 949. The first-order chi connectivity index (χ1) is 15.5. The number of esters is 1. The Hall–Kier alpha value is -3.68. The maximum atomic E-state index is 12.4. The number of piperazine rings is 1. The van der Waals surface area contributed by atoms with Crippen molar-refractivity contribution in [2.24, 2.45) is 0 Å². The molecule has 3 rings (SSSR count). The number of carbonyl (C=O) groups excluding carboxylic acids is 2. The molecule has 0 unspecified atom stereocenters. The van der Waals surface area contributed by atoms with Gasteiger partial charge >= 0.3 is 5.97 Å². The quantitative estimate of drug-likeness (QED) is 0.461. The van der Waals surface area contributed by atoms with Crippen LogP contribution < -0.4 is 19.1 Å². The summed E-state index contributed by atoms with van der Waals surface area (Å²) in [4.78, 5) is 28.4. The fourth-order valence-electron chi connectivity index (χ4n) is 3.48. The molecule has 2 aromatic rings. The SMILES string of the molecule is COc1ccc(N2CCN(C(=O)COC(=O)/C=C/c3cccc(OC)c3OC)CC2)cc1. The van der Waals surface area contributed by atoms with Gasteiger partial charge in [-0.2, -0.15) is 0 Å². The highest BCUT2D eigenvalue weighted by molar-refractivity contribution is 5.90. The van der Waals surface area contributed by atoms with Gasteiger partial charge in [-0.05, 0) is 36.4 Å². The summed E-state index contributed by atoms with van der Waals surface area (Å²) in [5.74, 6) is 1.08. The van der Waals surface area contributed by atoms with Gasteiger partial charge in [-0.15, -0.1) is 0 Å². The number of methoxy groups -OCH3 is 3. The van der Waals surface area contributed by atoms with Crippen LogP contribution in [-0.4, -0.2) is 70.9 Å². The molecule has 1 aliphatic heterocycles. The Labute approximate surface area is 187 Å². The lowest BCUT2D eigenvalue weighted by molar-refractivity contribution is -0.148. The van der Waals surface area contributed by atoms with E-state index in [0.717, 1.165) is 11.4 Å². The monoisotopic (exact) mass is 440 g/mol. The average Bonchev–Trinajstić information content (AvgIpc) is 2.85. The van der Waals surface area contributed by atoms with Crippen LogP contribution in [0.25, 0.3) is 6.08 Å². The van der Waals surface area contributed by atoms with Gasteiger partial charge in [0, 0.05) is 43.5 Å². The molecule has 0 N–H and O–H groups in total. The first kappa shape index (κ1) is 23.0. The van der Waals surface area contributed by atoms with E-state index in [9.17, 15) is 9.59 Å². The number of nitrogens with zero attached hydrogens (tertiary/aromatic N) is 2. The van der Waals surface area contributed by atoms with E-state index in [0.29, 0.717) is 43.2 Å². The van der Waals surface area contributed by atoms with Crippen molar-refractivity contribution in [3.05, 3.63) is 54.1 Å². The van der Waals surface area contributed by atoms with Crippen molar-refractivity contribution in [1.82, 2.24) is 4.90 Å². The molecule has 0 bridgehead atoms. The predicted octanol–water partition coefficient (Wildman–Crippen LogP) is 2.62. The summed E-state index contributed by atoms with van der Waals surface area (Å²) in [7, 11) is 4.71. The Morgan fingerprint density at radius 1 is 0.906 bits per heavy atom. The standard InChI is InChI=1S/C24H28N2O6/c1-29-20-10-8-19(9-11-20)25-13-15-26(16-14-25)22(27)17-32-23(28)12-7-18-5-4-6-21(30-2)24(18)31-3/h4-12H,13-17H2,1-3H3/b12-7+. The maximum Gasteiger partial charge on any atom is 0.331 e. The van der Waals surface area contributed by atoms with Gasteiger partial charge in [-0.25, -0.2) is 4.79 Å². The van der Waals surface area contributed by atoms with E-state index in [2.05, 4.69) is 4.90 Å². The Balaban J connectivity index is 1.47. The van der Waals surface area contributed by atoms with Gasteiger partial charge in [0.15, 0.2) is 18.1 Å². The third-order valence-corrected chi connectivity index (χ3v) is 5.24. The summed E-state index contributed by atoms with van der Waals surface area (Å²) in [5.41, 5.74) is 1.76. The molecule has 8 nitrogen and oxygen atoms in total. The number of ether oxygens (including phenoxy) is 4. The van der Waals surface area contributed by atoms with Gasteiger partial charge in [0.2, 0.25) is 0 Å². The zero-order valence-corrected chi connectivity index (χ0v) is 18.6. The van der Waals surface area contributed by atoms with E-state index in [4.69, 9.17) is 18.9 Å². The molecule has 0 aliphatic carbocycles. The van der Waals surface area contributed by atoms with E-state index in [1.54, 1.807) is 43.4 Å². The summed E-state index contributed by atoms with van der Waals surface area (Å²) in [6, 6.07) is 13.2. The molecule has 1 amide bonds. The lowest BCUT2D eigenvalue weighted by Crippen LogP contribution is -2.49. The van der Waals surface area contributed by atoms with Crippen molar-refractivity contribution >= 4 is 23.6 Å². The molecule has 32 heavy (non-hydrogen) atoms. The molecule has 1 fully saturated rings. The van der Waals surface area contributed by atoms with Crippen molar-refractivity contribution in [3.63, 3.8) is 0 Å². The van der Waals surface area contributed by atoms with E-state index < -0.39 is 5.97 Å². The van der Waals surface area contributed by atoms with E-state index in [1.807, 2.05) is 24.3 Å². The molecule has 8 heteroatoms. The zero-order chi connectivity index (χ0) is 22.9. The highest BCUT2D eigenvalue weighted by Gasteiger charge is 2.22. The van der Waals surface area contributed by atoms with Crippen LogP contribution >= 0.6 is 0 Å². The Morgan fingerprint density at radius 3 is 2.25 bits per heavy atom. The normalized spacial score (nSPS) is 13.7. The van der Waals surface area contributed by atoms with Gasteiger partial charge in [-0.1, -0.05) is 12.1 Å². The summed E-state index contributed by atoms with van der Waals surface area (Å²) in [6.45, 7) is 2.27. The van der Waals surface area contributed by atoms with Crippen LogP contribution in [0.15, 0.2) is 48.5 Å². The van der Waals surface area contributed by atoms with Crippen LogP contribution in [-0.2, 0) is 14.3 Å². The summed E-state index contributed by atoms with van der Waals surface area (Å²) in [5, 5.41) is 0. The van der Waals surface area contributed by atoms with Crippen LogP contribution in [0.1, 0.15) is 5.56 Å². The van der Waals surface area contributed by atoms with Gasteiger partial charge in [0.05, 0.1) is 21.3 Å². The first-order valence-electron chi connectivity index (χ1n) is 10.3. The number of anilines is 1. The molecule has 0 radical (unpaired) electrons. The fourth-order valence-corrected chi connectivity index (χ4v) is 3.48. The van der Waals surface area contributed by atoms with Crippen LogP contribution in [0.4, 0.5) is 5.69 Å². The third kappa shape index (κ3) is 5.72. The van der Waals surface area contributed by atoms with Crippen LogP contribution in [0.2, 0.25) is 0 Å². The van der Waals surface area contributed by atoms with E-state index in [1.165, 1.54) is 13.2 Å². The number of amides is 1. The average molecular weight is 440 g/mol. The van der Waals surface area contributed by atoms with Crippen LogP contribution in [0.3, 0.4) is 0 Å². The van der Waals surface area contributed by atoms with Crippen molar-refractivity contribution < 1.29 is 28.5 Å². The lowest BCUT2D eigenvalue weighted by atomic mass is 10.1. The zero-order valence-electron chi connectivity index (χ0n) is 18.6. The minimum atomic E-state index is -0.597. The molecule has 0 spiro atoms. The molecule has 1 heterocycles. The van der Waals surface area contributed by atoms with Gasteiger partial charge in [0.25, 0.3) is 5.91 Å². The second-order valence-corrected chi connectivity index (χ2v) is 7.09. The van der Waals surface area contributed by atoms with Gasteiger partial charge in [-0.3, -0.25) is 4.79 Å². The van der Waals surface area contributed by atoms with Crippen molar-refractivity contribution in [1.29, 1.82) is 0 Å². The molecular weight excluding hydrogens is 412 g/mol. The number of carbonyl (C=O) groups is 2. The smallest absolute Gasteiger partial charge is 0.331 e. The number of para-hydroxylation sites is 1. The molecule has 0 atom stereocenters. The number of hydrogen-bond acceptors (Lipinski definition) is 7. The second-order valence-electron chi connectivity index (χ2n) is 7.09. The molecule has 0 saturated carbocycles. The molecule has 1 aliphatic rings. The van der Waals surface area contributed by atoms with Crippen molar-refractivity contribution in [2.75, 3.05) is 59.0 Å². The second kappa shape index (κ2) is 11.1. The van der Waals surface area contributed by atoms with Crippen LogP contribution in [0.5, 0.6) is 17.2 Å². The van der Waals surface area contributed by atoms with Crippen molar-refractivity contribution in [2.45, 2.75) is 0 Å². The lowest BCUT2D eigenvalue weighted by Gasteiger charge is -2.36. The minimum Gasteiger partial charge on any atom is -0.497 e. The van der Waals surface area contributed by atoms with Gasteiger partial charge in [0.1, 0.15) is 5.75 Å². The molecule has 0 aromatic heterocycles. The fraction of sp³-hybridized carbons (Fsp3) is 0.333. The minimum absolute atomic E-state index is 0.208. The highest BCUT2D eigenvalue weighted by Crippen LogP contribution is 2.31. The molecular formula is C24H28N2O6. The Morgan fingerprint density at radius 2 is 1.62 bits per heavy atom. The predicted molar refractivity (Wildman–Crippen MR) is 121 cm³/mol. The summed E-state index contributed by atoms with van der Waals surface area (Å²) >= 11 is 0. The van der Waals surface area contributed by atoms with Crippen LogP contribution in [0, 0.1) is 0 Å². The van der Waals surface area contributed by atoms with E-state index in [-0.39, 0.29) is 12.5 Å². The number of benzene rings is 2. The van der Waals surface area contributed by atoms with Crippen molar-refractivity contribution in [3.8, 4) is 17.2 Å². The third-order valence-electron chi connectivity index (χ3n) is 5.24. The largest absolute Gasteiger partial charge is 0.497 e. The number of hydrogen-bond donors (Lipinski definition) is 0. The molecule has 170 valence electrons. The molecule has 2 aromatic carbocycles. The first-order valence-corrected chi connectivity index (χ1v) is 10.3. The van der Waals surface area contributed by atoms with Gasteiger partial charge < -0.3 is 28.7 Å². The maximum absolute atomic E-state index is 12.4. The highest BCUT2D eigenvalue weighted by atomic mass is 16.5. The summed E-state index contributed by atoms with van der Waals surface area (Å²) < 4.78 is 20.9. The molecule has 1 saturated heterocycles. The topological polar surface area (TPSA) is 77.5 Å². The number of rotatable bonds is 8.